The van der Waals surface area contributed by atoms with Crippen molar-refractivity contribution < 1.29 is 9.59 Å². The number of hydrogen-bond donors (Lipinski definition) is 1. The first-order valence-corrected chi connectivity index (χ1v) is 10.4. The lowest BCUT2D eigenvalue weighted by Crippen LogP contribution is -2.34. The molecule has 1 saturated heterocycles. The lowest BCUT2D eigenvalue weighted by molar-refractivity contribution is 0.0772. The summed E-state index contributed by atoms with van der Waals surface area (Å²) in [6, 6.07) is 11.2. The van der Waals surface area contributed by atoms with Gasteiger partial charge in [-0.2, -0.15) is 0 Å². The number of fused-ring (bicyclic) bond motifs is 1. The number of benzene rings is 1. The number of aromatic nitrogens is 2. The van der Waals surface area contributed by atoms with Gasteiger partial charge in [0, 0.05) is 40.7 Å². The molecule has 0 saturated carbocycles. The second kappa shape index (κ2) is 7.18. The van der Waals surface area contributed by atoms with Gasteiger partial charge >= 0.3 is 0 Å². The van der Waals surface area contributed by atoms with E-state index in [1.807, 2.05) is 63.4 Å². The van der Waals surface area contributed by atoms with E-state index in [1.165, 1.54) is 0 Å². The molecular formula is C22H23N3O2S. The molecule has 0 aliphatic carbocycles. The number of pyridine rings is 1. The van der Waals surface area contributed by atoms with Crippen LogP contribution in [0.4, 0.5) is 0 Å². The lowest BCUT2D eigenvalue weighted by atomic mass is 9.95. The highest BCUT2D eigenvalue weighted by Crippen LogP contribution is 2.34. The second-order valence-corrected chi connectivity index (χ2v) is 9.21. The number of hydrogen-bond acceptors (Lipinski definition) is 5. The summed E-state index contributed by atoms with van der Waals surface area (Å²) in [6.45, 7) is 5.66. The maximum atomic E-state index is 13.3. The van der Waals surface area contributed by atoms with Crippen LogP contribution in [0.1, 0.15) is 46.9 Å². The van der Waals surface area contributed by atoms with Crippen LogP contribution >= 0.6 is 11.8 Å². The van der Waals surface area contributed by atoms with Crippen molar-refractivity contribution in [2.75, 3.05) is 5.75 Å². The Labute approximate surface area is 168 Å². The van der Waals surface area contributed by atoms with Crippen LogP contribution in [-0.2, 0) is 0 Å². The fourth-order valence-corrected chi connectivity index (χ4v) is 4.66. The summed E-state index contributed by atoms with van der Waals surface area (Å²) >= 11 is 1.70. The van der Waals surface area contributed by atoms with Crippen LogP contribution in [0.25, 0.3) is 10.9 Å². The topological polar surface area (TPSA) is 64.0 Å². The van der Waals surface area contributed by atoms with Gasteiger partial charge in [-0.15, -0.1) is 11.8 Å². The van der Waals surface area contributed by atoms with Crippen molar-refractivity contribution in [3.8, 4) is 0 Å². The molecule has 3 aromatic rings. The maximum Gasteiger partial charge on any atom is 0.236 e. The maximum absolute atomic E-state index is 13.3. The molecule has 0 spiro atoms. The van der Waals surface area contributed by atoms with Gasteiger partial charge in [0.1, 0.15) is 0 Å². The van der Waals surface area contributed by atoms with Crippen LogP contribution in [0.5, 0.6) is 0 Å². The van der Waals surface area contributed by atoms with Crippen molar-refractivity contribution in [1.29, 1.82) is 0 Å². The van der Waals surface area contributed by atoms with Crippen molar-refractivity contribution in [3.63, 3.8) is 0 Å². The van der Waals surface area contributed by atoms with Gasteiger partial charge in [0.2, 0.25) is 5.91 Å². The van der Waals surface area contributed by atoms with Gasteiger partial charge in [-0.3, -0.25) is 24.5 Å². The molecule has 0 amide bonds. The fourth-order valence-electron chi connectivity index (χ4n) is 3.44. The monoisotopic (exact) mass is 393 g/mol. The van der Waals surface area contributed by atoms with E-state index in [0.717, 1.165) is 16.5 Å². The summed E-state index contributed by atoms with van der Waals surface area (Å²) in [5.41, 5.74) is 1.90. The molecule has 2 aromatic heterocycles. The highest BCUT2D eigenvalue weighted by molar-refractivity contribution is 7.99. The Hall–Kier alpha value is -2.44. The number of nitrogens with zero attached hydrogens (tertiary/aromatic N) is 2. The number of para-hydroxylation sites is 1. The van der Waals surface area contributed by atoms with E-state index in [-0.39, 0.29) is 23.1 Å². The lowest BCUT2D eigenvalue weighted by Gasteiger charge is -2.17. The van der Waals surface area contributed by atoms with Crippen molar-refractivity contribution in [1.82, 2.24) is 14.9 Å². The molecule has 0 bridgehead atoms. The summed E-state index contributed by atoms with van der Waals surface area (Å²) in [5, 5.41) is 4.29. The highest BCUT2D eigenvalue weighted by atomic mass is 32.2. The fraction of sp³-hybridized carbons (Fsp3) is 0.318. The van der Waals surface area contributed by atoms with E-state index in [4.69, 9.17) is 0 Å². The van der Waals surface area contributed by atoms with Crippen LogP contribution in [0.2, 0.25) is 0 Å². The first-order chi connectivity index (χ1) is 13.4. The minimum atomic E-state index is -0.533. The summed E-state index contributed by atoms with van der Waals surface area (Å²) in [4.78, 5) is 30.4. The second-order valence-electron chi connectivity index (χ2n) is 8.07. The summed E-state index contributed by atoms with van der Waals surface area (Å²) in [7, 11) is 0. The van der Waals surface area contributed by atoms with E-state index < -0.39 is 5.41 Å². The number of carbonyl (C=O) groups is 2. The number of thioether (sulfide) groups is 1. The third kappa shape index (κ3) is 3.38. The Morgan fingerprint density at radius 1 is 1.18 bits per heavy atom. The number of carbonyl (C=O) groups excluding carboxylic acids is 2. The largest absolute Gasteiger partial charge is 0.292 e. The average molecular weight is 394 g/mol. The van der Waals surface area contributed by atoms with Gasteiger partial charge in [0.25, 0.3) is 0 Å². The average Bonchev–Trinajstić information content (AvgIpc) is 3.32. The molecular weight excluding hydrogens is 370 g/mol. The molecule has 1 aromatic carbocycles. The van der Waals surface area contributed by atoms with Gasteiger partial charge in [-0.25, -0.2) is 0 Å². The Kier molecular flexibility index (Phi) is 4.85. The van der Waals surface area contributed by atoms with Crippen LogP contribution < -0.4 is 5.32 Å². The third-order valence-electron chi connectivity index (χ3n) is 4.92. The minimum absolute atomic E-state index is 0.0234. The van der Waals surface area contributed by atoms with Crippen molar-refractivity contribution in [2.24, 2.45) is 5.41 Å². The zero-order valence-electron chi connectivity index (χ0n) is 16.2. The smallest absolute Gasteiger partial charge is 0.236 e. The Balaban J connectivity index is 1.66. The quantitative estimate of drug-likeness (QED) is 0.672. The standard InChI is InChI=1S/C22H23N3O2S/c1-22(2,3)21(27)25-12-16(15-8-4-5-9-18(15)25)19(26)17-13-28-20(24-17)14-7-6-10-23-11-14/h4-12,17,20,24H,13H2,1-3H3/t17-,20?/m0/s1. The minimum Gasteiger partial charge on any atom is -0.292 e. The van der Waals surface area contributed by atoms with Crippen LogP contribution in [-0.4, -0.2) is 33.0 Å². The highest BCUT2D eigenvalue weighted by Gasteiger charge is 2.33. The molecule has 1 aliphatic rings. The van der Waals surface area contributed by atoms with Crippen molar-refractivity contribution >= 4 is 34.4 Å². The molecule has 2 atom stereocenters. The zero-order chi connectivity index (χ0) is 19.9. The zero-order valence-corrected chi connectivity index (χ0v) is 17.0. The predicted molar refractivity (Wildman–Crippen MR) is 113 cm³/mol. The first kappa shape index (κ1) is 18.9. The van der Waals surface area contributed by atoms with E-state index in [1.54, 1.807) is 28.7 Å². The predicted octanol–water partition coefficient (Wildman–Crippen LogP) is 4.31. The summed E-state index contributed by atoms with van der Waals surface area (Å²) in [5.74, 6) is 0.686. The summed E-state index contributed by atoms with van der Waals surface area (Å²) < 4.78 is 1.63. The Morgan fingerprint density at radius 2 is 1.96 bits per heavy atom. The van der Waals surface area contributed by atoms with Gasteiger partial charge in [0.05, 0.1) is 16.9 Å². The van der Waals surface area contributed by atoms with Crippen LogP contribution in [0, 0.1) is 5.41 Å². The molecule has 0 radical (unpaired) electrons. The molecule has 3 heterocycles. The van der Waals surface area contributed by atoms with E-state index in [0.29, 0.717) is 11.3 Å². The third-order valence-corrected chi connectivity index (χ3v) is 6.19. The number of nitrogens with one attached hydrogen (secondary N) is 1. The number of rotatable bonds is 3. The molecule has 4 rings (SSSR count). The van der Waals surface area contributed by atoms with Crippen LogP contribution in [0.15, 0.2) is 55.0 Å². The van der Waals surface area contributed by atoms with Crippen molar-refractivity contribution in [3.05, 3.63) is 66.1 Å². The SMILES string of the molecule is CC(C)(C)C(=O)n1cc(C(=O)[C@@H]2CSC(c3cccnc3)N2)c2ccccc21. The molecule has 1 fully saturated rings. The van der Waals surface area contributed by atoms with E-state index >= 15 is 0 Å². The van der Waals surface area contributed by atoms with Gasteiger partial charge < -0.3 is 0 Å². The van der Waals surface area contributed by atoms with Crippen LogP contribution in [0.3, 0.4) is 0 Å². The molecule has 6 heteroatoms. The molecule has 144 valence electrons. The Morgan fingerprint density at radius 3 is 2.68 bits per heavy atom. The van der Waals surface area contributed by atoms with Gasteiger partial charge in [-0.1, -0.05) is 45.0 Å². The molecule has 1 N–H and O–H groups in total. The molecule has 28 heavy (non-hydrogen) atoms. The van der Waals surface area contributed by atoms with Gasteiger partial charge in [-0.05, 0) is 17.7 Å². The van der Waals surface area contributed by atoms with Crippen molar-refractivity contribution in [2.45, 2.75) is 32.2 Å². The molecule has 1 unspecified atom stereocenters. The van der Waals surface area contributed by atoms with Gasteiger partial charge in [0.15, 0.2) is 5.78 Å². The number of ketones is 1. The first-order valence-electron chi connectivity index (χ1n) is 9.33. The number of Topliss-reactive ketones (excluding diaryl/α,β-unsaturated/α-hetero) is 1. The van der Waals surface area contributed by atoms with E-state index in [2.05, 4.69) is 10.3 Å². The van der Waals surface area contributed by atoms with E-state index in [9.17, 15) is 9.59 Å². The molecule has 5 nitrogen and oxygen atoms in total. The normalized spacial score (nSPS) is 19.8. The molecule has 1 aliphatic heterocycles. The summed E-state index contributed by atoms with van der Waals surface area (Å²) in [6.07, 6.45) is 5.28. The Bertz CT molecular complexity index is 1040.